The van der Waals surface area contributed by atoms with Crippen LogP contribution in [0.25, 0.3) is 10.4 Å². The summed E-state index contributed by atoms with van der Waals surface area (Å²) in [5.41, 5.74) is 1.21. The molecule has 3 unspecified atom stereocenters. The number of ether oxygens (including phenoxy) is 1. The number of hydrogen-bond donors (Lipinski definition) is 4. The van der Waals surface area contributed by atoms with Crippen molar-refractivity contribution in [3.05, 3.63) is 35.0 Å². The Labute approximate surface area is 296 Å². The summed E-state index contributed by atoms with van der Waals surface area (Å²) in [5.74, 6) is -1.42. The third-order valence-corrected chi connectivity index (χ3v) is 11.1. The molecule has 3 fully saturated rings. The van der Waals surface area contributed by atoms with Gasteiger partial charge in [-0.25, -0.2) is 14.2 Å². The zero-order valence-electron chi connectivity index (χ0n) is 29.9. The lowest BCUT2D eigenvalue weighted by molar-refractivity contribution is -0.145. The van der Waals surface area contributed by atoms with Crippen molar-refractivity contribution < 1.29 is 38.5 Å². The van der Waals surface area contributed by atoms with Gasteiger partial charge in [-0.2, -0.15) is 0 Å². The minimum absolute atomic E-state index is 0.0117. The number of β-amino-alcohol motifs (C(OH)–C–C–N with tert-alkyl or cyclic N) is 1. The Kier molecular flexibility index (Phi) is 10.6. The maximum absolute atomic E-state index is 14.6. The number of aliphatic hydroxyl groups is 1. The molecule has 3 heterocycles. The fourth-order valence-corrected chi connectivity index (χ4v) is 7.59. The number of carbonyl (C=O) groups excluding carboxylic acids is 3. The first-order chi connectivity index (χ1) is 23.3. The third-order valence-electron chi connectivity index (χ3n) is 10.1. The summed E-state index contributed by atoms with van der Waals surface area (Å²) < 4.78 is 21.3. The van der Waals surface area contributed by atoms with Crippen LogP contribution in [-0.4, -0.2) is 98.4 Å². The SMILES string of the molecule is Cc1ncsc1-c1ccc(CNC(=O)[C@@H]2C[C@@H](O)CN2C(=O)C(NC(=O)C2(F)CC2)C(C)(C)C)c(OC2CCN(C(=O)O)CC2C(C)(C)C)c1. The van der Waals surface area contributed by atoms with Crippen molar-refractivity contribution in [3.8, 4) is 16.2 Å². The molecule has 0 radical (unpaired) electrons. The number of halogens is 1. The highest BCUT2D eigenvalue weighted by atomic mass is 32.1. The molecule has 2 aliphatic heterocycles. The summed E-state index contributed by atoms with van der Waals surface area (Å²) in [6.07, 6.45) is -1.49. The van der Waals surface area contributed by atoms with Crippen LogP contribution in [0.3, 0.4) is 0 Å². The quantitative estimate of drug-likeness (QED) is 0.295. The number of piperidine rings is 1. The number of amides is 4. The summed E-state index contributed by atoms with van der Waals surface area (Å²) in [7, 11) is 0. The molecule has 5 atom stereocenters. The van der Waals surface area contributed by atoms with Gasteiger partial charge in [0.2, 0.25) is 11.8 Å². The van der Waals surface area contributed by atoms with Gasteiger partial charge in [-0.3, -0.25) is 14.4 Å². The summed E-state index contributed by atoms with van der Waals surface area (Å²) in [6, 6.07) is 3.63. The number of nitrogens with one attached hydrogen (secondary N) is 2. The number of carbonyl (C=O) groups is 4. The van der Waals surface area contributed by atoms with Gasteiger partial charge in [-0.15, -0.1) is 11.3 Å². The van der Waals surface area contributed by atoms with Crippen LogP contribution in [0.1, 0.15) is 78.5 Å². The predicted octanol–water partition coefficient (Wildman–Crippen LogP) is 4.52. The molecule has 50 heavy (non-hydrogen) atoms. The smallest absolute Gasteiger partial charge is 0.407 e. The average Bonchev–Trinajstić information content (AvgIpc) is 3.44. The van der Waals surface area contributed by atoms with E-state index in [9.17, 15) is 33.8 Å². The van der Waals surface area contributed by atoms with E-state index in [0.29, 0.717) is 30.8 Å². The Hall–Kier alpha value is -3.78. The van der Waals surface area contributed by atoms with Gasteiger partial charge < -0.3 is 35.4 Å². The average molecular weight is 716 g/mol. The Morgan fingerprint density at radius 1 is 1.14 bits per heavy atom. The van der Waals surface area contributed by atoms with E-state index in [2.05, 4.69) is 36.4 Å². The lowest BCUT2D eigenvalue weighted by Crippen LogP contribution is -2.59. The highest BCUT2D eigenvalue weighted by Crippen LogP contribution is 2.41. The monoisotopic (exact) mass is 715 g/mol. The van der Waals surface area contributed by atoms with Gasteiger partial charge in [-0.05, 0) is 42.2 Å². The number of carboxylic acid groups (broad SMARTS) is 1. The molecule has 0 spiro atoms. The van der Waals surface area contributed by atoms with Crippen LogP contribution < -0.4 is 15.4 Å². The molecule has 1 aromatic heterocycles. The first kappa shape index (κ1) is 37.5. The van der Waals surface area contributed by atoms with Crippen molar-refractivity contribution in [2.24, 2.45) is 16.7 Å². The van der Waals surface area contributed by atoms with E-state index in [1.165, 1.54) is 21.1 Å². The number of rotatable bonds is 9. The molecule has 1 saturated carbocycles. The van der Waals surface area contributed by atoms with Crippen molar-refractivity contribution in [1.82, 2.24) is 25.4 Å². The molecule has 4 amide bonds. The zero-order chi connectivity index (χ0) is 36.8. The number of aryl methyl sites for hydroxylation is 1. The van der Waals surface area contributed by atoms with E-state index in [1.807, 2.05) is 25.1 Å². The van der Waals surface area contributed by atoms with Crippen LogP contribution in [0, 0.1) is 23.7 Å². The van der Waals surface area contributed by atoms with E-state index in [0.717, 1.165) is 16.1 Å². The third kappa shape index (κ3) is 8.22. The van der Waals surface area contributed by atoms with Crippen molar-refractivity contribution in [1.29, 1.82) is 0 Å². The molecular formula is C36H50FN5O7S. The lowest BCUT2D eigenvalue weighted by atomic mass is 9.74. The van der Waals surface area contributed by atoms with E-state index in [-0.39, 0.29) is 49.8 Å². The number of hydrogen-bond acceptors (Lipinski definition) is 8. The largest absolute Gasteiger partial charge is 0.490 e. The van der Waals surface area contributed by atoms with Gasteiger partial charge in [0.15, 0.2) is 5.67 Å². The van der Waals surface area contributed by atoms with Gasteiger partial charge in [0, 0.05) is 50.5 Å². The van der Waals surface area contributed by atoms with Crippen molar-refractivity contribution in [2.45, 2.75) is 111 Å². The van der Waals surface area contributed by atoms with Crippen molar-refractivity contribution in [2.75, 3.05) is 19.6 Å². The highest BCUT2D eigenvalue weighted by Gasteiger charge is 2.53. The maximum Gasteiger partial charge on any atom is 0.407 e. The number of aliphatic hydroxyl groups excluding tert-OH is 1. The maximum atomic E-state index is 14.6. The van der Waals surface area contributed by atoms with Crippen LogP contribution in [-0.2, 0) is 20.9 Å². The molecule has 3 aliphatic rings. The fourth-order valence-electron chi connectivity index (χ4n) is 6.79. The first-order valence-electron chi connectivity index (χ1n) is 17.2. The fraction of sp³-hybridized carbons (Fsp3) is 0.639. The van der Waals surface area contributed by atoms with E-state index >= 15 is 0 Å². The second-order valence-electron chi connectivity index (χ2n) is 16.1. The van der Waals surface area contributed by atoms with Gasteiger partial charge >= 0.3 is 6.09 Å². The Balaban J connectivity index is 1.37. The summed E-state index contributed by atoms with van der Waals surface area (Å²) in [6.45, 7) is 14.0. The zero-order valence-corrected chi connectivity index (χ0v) is 30.7. The summed E-state index contributed by atoms with van der Waals surface area (Å²) in [4.78, 5) is 60.2. The molecule has 1 aliphatic carbocycles. The number of aromatic nitrogens is 1. The molecule has 0 bridgehead atoms. The second-order valence-corrected chi connectivity index (χ2v) is 16.9. The van der Waals surface area contributed by atoms with E-state index in [1.54, 1.807) is 26.3 Å². The predicted molar refractivity (Wildman–Crippen MR) is 186 cm³/mol. The molecule has 4 N–H and O–H groups in total. The molecule has 5 rings (SSSR count). The Morgan fingerprint density at radius 3 is 2.42 bits per heavy atom. The van der Waals surface area contributed by atoms with Crippen molar-refractivity contribution in [3.63, 3.8) is 0 Å². The van der Waals surface area contributed by atoms with Crippen LogP contribution in [0.5, 0.6) is 5.75 Å². The van der Waals surface area contributed by atoms with Gasteiger partial charge in [0.05, 0.1) is 22.2 Å². The van der Waals surface area contributed by atoms with Crippen LogP contribution in [0.2, 0.25) is 0 Å². The van der Waals surface area contributed by atoms with Crippen molar-refractivity contribution >= 4 is 35.2 Å². The molecule has 14 heteroatoms. The van der Waals surface area contributed by atoms with E-state index in [4.69, 9.17) is 4.74 Å². The standard InChI is InChI=1S/C36H50FN5O7S/c1-20-28(50-19-39-20)21-8-9-22(27(14-21)49-26-10-13-41(33(47)48)18-24(26)34(2,3)4)16-38-30(44)25-15-23(43)17-42(25)31(45)29(35(5,6)7)40-32(46)36(37)11-12-36/h8-9,14,19,23-26,29,43H,10-13,15-18H2,1-7H3,(H,38,44)(H,40,46)(H,47,48)/t23-,24?,25+,26?,29?/m1/s1. The Morgan fingerprint density at radius 2 is 1.84 bits per heavy atom. The molecule has 274 valence electrons. The Bertz CT molecular complexity index is 1610. The summed E-state index contributed by atoms with van der Waals surface area (Å²) in [5, 5.41) is 25.8. The van der Waals surface area contributed by atoms with Gasteiger partial charge in [0.25, 0.3) is 5.91 Å². The van der Waals surface area contributed by atoms with Gasteiger partial charge in [-0.1, -0.05) is 53.7 Å². The number of nitrogens with zero attached hydrogens (tertiary/aromatic N) is 3. The first-order valence-corrected chi connectivity index (χ1v) is 18.1. The minimum atomic E-state index is -1.97. The molecule has 1 aromatic carbocycles. The molecule has 12 nitrogen and oxygen atoms in total. The normalized spacial score (nSPS) is 24.0. The highest BCUT2D eigenvalue weighted by molar-refractivity contribution is 7.13. The molecular weight excluding hydrogens is 665 g/mol. The topological polar surface area (TPSA) is 161 Å². The van der Waals surface area contributed by atoms with Crippen LogP contribution in [0.4, 0.5) is 9.18 Å². The number of alkyl halides is 1. The molecule has 2 saturated heterocycles. The van der Waals surface area contributed by atoms with Gasteiger partial charge in [0.1, 0.15) is 23.9 Å². The number of thiazole rings is 1. The number of benzene rings is 1. The lowest BCUT2D eigenvalue weighted by Gasteiger charge is -2.43. The minimum Gasteiger partial charge on any atom is -0.490 e. The number of likely N-dealkylation sites (tertiary alicyclic amines) is 2. The summed E-state index contributed by atoms with van der Waals surface area (Å²) >= 11 is 1.51. The second kappa shape index (κ2) is 14.1. The molecule has 2 aromatic rings. The van der Waals surface area contributed by atoms with Crippen LogP contribution >= 0.6 is 11.3 Å². The van der Waals surface area contributed by atoms with Crippen LogP contribution in [0.15, 0.2) is 23.7 Å². The van der Waals surface area contributed by atoms with E-state index < -0.39 is 53.1 Å².